The predicted molar refractivity (Wildman–Crippen MR) is 101 cm³/mol. The average Bonchev–Trinajstić information content (AvgIpc) is 2.71. The summed E-state index contributed by atoms with van der Waals surface area (Å²) in [4.78, 5) is 24.0. The van der Waals surface area contributed by atoms with Gasteiger partial charge in [-0.1, -0.05) is 18.2 Å². The summed E-state index contributed by atoms with van der Waals surface area (Å²) >= 11 is 0. The molecular weight excluding hydrogens is 350 g/mol. The fourth-order valence-corrected chi connectivity index (χ4v) is 2.32. The first-order chi connectivity index (χ1) is 13.1. The Bertz CT molecular complexity index is 836. The number of amides is 2. The lowest BCUT2D eigenvalue weighted by atomic mass is 10.2. The third-order valence-electron chi connectivity index (χ3n) is 3.59. The lowest BCUT2D eigenvalue weighted by Crippen LogP contribution is -2.35. The molecule has 0 unspecified atom stereocenters. The summed E-state index contributed by atoms with van der Waals surface area (Å²) in [6.07, 6.45) is 1.43. The molecule has 2 N–H and O–H groups in total. The third kappa shape index (κ3) is 5.21. The molecule has 142 valence electrons. The van der Waals surface area contributed by atoms with Crippen LogP contribution >= 0.6 is 0 Å². The van der Waals surface area contributed by atoms with Gasteiger partial charge in [0.25, 0.3) is 11.8 Å². The van der Waals surface area contributed by atoms with Gasteiger partial charge in [0.15, 0.2) is 11.5 Å². The molecule has 2 aromatic carbocycles. The number of hydrogen-bond donors (Lipinski definition) is 2. The Morgan fingerprint density at radius 2 is 1.67 bits per heavy atom. The van der Waals surface area contributed by atoms with E-state index in [1.807, 2.05) is 0 Å². The van der Waals surface area contributed by atoms with Gasteiger partial charge in [-0.3, -0.25) is 9.59 Å². The van der Waals surface area contributed by atoms with Crippen molar-refractivity contribution in [3.63, 3.8) is 0 Å². The first kappa shape index (κ1) is 19.8. The number of nitrogens with zero attached hydrogens (tertiary/aromatic N) is 1. The van der Waals surface area contributed by atoms with Gasteiger partial charge in [-0.2, -0.15) is 5.10 Å². The standard InChI is InChI=1S/C19H21N3O5/c1-25-15-9-5-4-8-14(15)19(24)20-12-17(23)22-21-11-13-7-6-10-16(26-2)18(13)27-3/h4-11H,12H2,1-3H3,(H,20,24)(H,22,23). The maximum Gasteiger partial charge on any atom is 0.259 e. The summed E-state index contributed by atoms with van der Waals surface area (Å²) in [5.74, 6) is 0.593. The lowest BCUT2D eigenvalue weighted by molar-refractivity contribution is -0.120. The zero-order chi connectivity index (χ0) is 19.6. The molecule has 0 spiro atoms. The minimum Gasteiger partial charge on any atom is -0.496 e. The first-order valence-corrected chi connectivity index (χ1v) is 8.04. The summed E-state index contributed by atoms with van der Waals surface area (Å²) in [6.45, 7) is -0.233. The fraction of sp³-hybridized carbons (Fsp3) is 0.211. The van der Waals surface area contributed by atoms with E-state index in [1.54, 1.807) is 42.5 Å². The van der Waals surface area contributed by atoms with Crippen LogP contribution < -0.4 is 25.0 Å². The summed E-state index contributed by atoms with van der Waals surface area (Å²) in [5.41, 5.74) is 3.32. The van der Waals surface area contributed by atoms with Crippen LogP contribution in [0.4, 0.5) is 0 Å². The number of methoxy groups -OCH3 is 3. The molecule has 0 saturated heterocycles. The SMILES string of the molecule is COc1ccccc1C(=O)NCC(=O)NN=Cc1cccc(OC)c1OC. The summed E-state index contributed by atoms with van der Waals surface area (Å²) in [7, 11) is 4.52. The maximum atomic E-state index is 12.1. The fourth-order valence-electron chi connectivity index (χ4n) is 2.32. The van der Waals surface area contributed by atoms with Gasteiger partial charge >= 0.3 is 0 Å². The van der Waals surface area contributed by atoms with Crippen LogP contribution in [0.5, 0.6) is 17.2 Å². The molecule has 0 atom stereocenters. The highest BCUT2D eigenvalue weighted by Crippen LogP contribution is 2.29. The molecular formula is C19H21N3O5. The number of carbonyl (C=O) groups excluding carboxylic acids is 2. The van der Waals surface area contributed by atoms with E-state index in [2.05, 4.69) is 15.8 Å². The molecule has 0 aliphatic rings. The van der Waals surface area contributed by atoms with E-state index in [-0.39, 0.29) is 6.54 Å². The van der Waals surface area contributed by atoms with Crippen LogP contribution in [-0.4, -0.2) is 45.9 Å². The number of benzene rings is 2. The number of hydrogen-bond acceptors (Lipinski definition) is 6. The van der Waals surface area contributed by atoms with Crippen LogP contribution in [-0.2, 0) is 4.79 Å². The Hall–Kier alpha value is -3.55. The minimum absolute atomic E-state index is 0.233. The van der Waals surface area contributed by atoms with Crippen molar-refractivity contribution in [2.24, 2.45) is 5.10 Å². The summed E-state index contributed by atoms with van der Waals surface area (Å²) in [6, 6.07) is 12.0. The highest BCUT2D eigenvalue weighted by molar-refractivity contribution is 5.98. The van der Waals surface area contributed by atoms with E-state index in [0.717, 1.165) is 0 Å². The molecule has 0 aromatic heterocycles. The Labute approximate surface area is 157 Å². The van der Waals surface area contributed by atoms with E-state index in [1.165, 1.54) is 27.5 Å². The van der Waals surface area contributed by atoms with Gasteiger partial charge in [0.1, 0.15) is 5.75 Å². The first-order valence-electron chi connectivity index (χ1n) is 8.04. The van der Waals surface area contributed by atoms with Crippen molar-refractivity contribution >= 4 is 18.0 Å². The number of ether oxygens (including phenoxy) is 3. The van der Waals surface area contributed by atoms with Crippen molar-refractivity contribution in [1.29, 1.82) is 0 Å². The second-order valence-electron chi connectivity index (χ2n) is 5.26. The van der Waals surface area contributed by atoms with Crippen molar-refractivity contribution in [2.45, 2.75) is 0 Å². The molecule has 27 heavy (non-hydrogen) atoms. The van der Waals surface area contributed by atoms with Gasteiger partial charge in [0.2, 0.25) is 0 Å². The Morgan fingerprint density at radius 3 is 2.37 bits per heavy atom. The van der Waals surface area contributed by atoms with Crippen LogP contribution in [0.25, 0.3) is 0 Å². The molecule has 8 heteroatoms. The van der Waals surface area contributed by atoms with Crippen molar-refractivity contribution in [3.05, 3.63) is 53.6 Å². The number of para-hydroxylation sites is 2. The van der Waals surface area contributed by atoms with E-state index >= 15 is 0 Å². The number of rotatable bonds is 8. The van der Waals surface area contributed by atoms with Gasteiger partial charge in [0, 0.05) is 5.56 Å². The molecule has 8 nitrogen and oxygen atoms in total. The molecule has 2 rings (SSSR count). The minimum atomic E-state index is -0.476. The van der Waals surface area contributed by atoms with E-state index < -0.39 is 11.8 Å². The average molecular weight is 371 g/mol. The summed E-state index contributed by atoms with van der Waals surface area (Å²) in [5, 5.41) is 6.39. The lowest BCUT2D eigenvalue weighted by Gasteiger charge is -2.09. The van der Waals surface area contributed by atoms with Crippen LogP contribution in [0, 0.1) is 0 Å². The van der Waals surface area contributed by atoms with Gasteiger partial charge < -0.3 is 19.5 Å². The third-order valence-corrected chi connectivity index (χ3v) is 3.59. The van der Waals surface area contributed by atoms with Crippen LogP contribution in [0.15, 0.2) is 47.6 Å². The molecule has 0 aliphatic carbocycles. The smallest absolute Gasteiger partial charge is 0.259 e. The number of nitrogens with one attached hydrogen (secondary N) is 2. The molecule has 0 bridgehead atoms. The highest BCUT2D eigenvalue weighted by Gasteiger charge is 2.12. The van der Waals surface area contributed by atoms with Gasteiger partial charge in [0.05, 0.1) is 39.7 Å². The largest absolute Gasteiger partial charge is 0.496 e. The predicted octanol–water partition coefficient (Wildman–Crippen LogP) is 1.59. The Kier molecular flexibility index (Phi) is 7.18. The Morgan fingerprint density at radius 1 is 0.963 bits per heavy atom. The Balaban J connectivity index is 1.91. The van der Waals surface area contributed by atoms with Gasteiger partial charge in [-0.15, -0.1) is 0 Å². The normalized spacial score (nSPS) is 10.3. The van der Waals surface area contributed by atoms with E-state index in [0.29, 0.717) is 28.4 Å². The van der Waals surface area contributed by atoms with Crippen molar-refractivity contribution in [2.75, 3.05) is 27.9 Å². The maximum absolute atomic E-state index is 12.1. The second-order valence-corrected chi connectivity index (χ2v) is 5.26. The van der Waals surface area contributed by atoms with E-state index in [9.17, 15) is 9.59 Å². The van der Waals surface area contributed by atoms with Crippen molar-refractivity contribution in [1.82, 2.24) is 10.7 Å². The van der Waals surface area contributed by atoms with Crippen LogP contribution in [0.1, 0.15) is 15.9 Å². The quantitative estimate of drug-likeness (QED) is 0.542. The van der Waals surface area contributed by atoms with Crippen LogP contribution in [0.2, 0.25) is 0 Å². The molecule has 0 fully saturated rings. The second kappa shape index (κ2) is 9.81. The topological polar surface area (TPSA) is 98.2 Å². The zero-order valence-electron chi connectivity index (χ0n) is 15.3. The molecule has 0 aliphatic heterocycles. The van der Waals surface area contributed by atoms with E-state index in [4.69, 9.17) is 14.2 Å². The van der Waals surface area contributed by atoms with Crippen molar-refractivity contribution in [3.8, 4) is 17.2 Å². The molecule has 2 amide bonds. The number of carbonyl (C=O) groups is 2. The molecule has 2 aromatic rings. The molecule has 0 saturated carbocycles. The highest BCUT2D eigenvalue weighted by atomic mass is 16.5. The van der Waals surface area contributed by atoms with Gasteiger partial charge in [-0.05, 0) is 24.3 Å². The monoisotopic (exact) mass is 371 g/mol. The molecule has 0 radical (unpaired) electrons. The summed E-state index contributed by atoms with van der Waals surface area (Å²) < 4.78 is 15.6. The number of hydrazone groups is 1. The zero-order valence-corrected chi connectivity index (χ0v) is 15.3. The van der Waals surface area contributed by atoms with Crippen LogP contribution in [0.3, 0.4) is 0 Å². The van der Waals surface area contributed by atoms with Crippen molar-refractivity contribution < 1.29 is 23.8 Å². The van der Waals surface area contributed by atoms with Gasteiger partial charge in [-0.25, -0.2) is 5.43 Å². The molecule has 0 heterocycles.